The number of anilines is 1. The summed E-state index contributed by atoms with van der Waals surface area (Å²) in [6, 6.07) is 12.8. The minimum atomic E-state index is -0.245. The van der Waals surface area contributed by atoms with E-state index in [0.717, 1.165) is 18.4 Å². The number of fused-ring (bicyclic) bond motifs is 1. The molecule has 4 rings (SSSR count). The van der Waals surface area contributed by atoms with Crippen LogP contribution in [0.2, 0.25) is 0 Å². The van der Waals surface area contributed by atoms with Crippen LogP contribution in [0.15, 0.2) is 53.0 Å². The minimum absolute atomic E-state index is 0.0516. The normalized spacial score (nSPS) is 13.8. The van der Waals surface area contributed by atoms with Crippen molar-refractivity contribution in [1.82, 2.24) is 10.3 Å². The standard InChI is InChI=1S/C21H19N3O3/c1-13-22-18-12-17(9-10-19(18)27-13)23-20(25)11-4-14-2-5-15(6-3-14)21(26)24-16-7-8-16/h2-6,9-12,16H,7-8H2,1H3,(H,23,25)(H,24,26)/b11-4+. The molecule has 2 amide bonds. The van der Waals surface area contributed by atoms with Gasteiger partial charge in [-0.1, -0.05) is 12.1 Å². The third-order valence-electron chi connectivity index (χ3n) is 4.27. The third-order valence-corrected chi connectivity index (χ3v) is 4.27. The zero-order chi connectivity index (χ0) is 18.8. The summed E-state index contributed by atoms with van der Waals surface area (Å²) in [6.45, 7) is 1.78. The predicted octanol–water partition coefficient (Wildman–Crippen LogP) is 3.68. The van der Waals surface area contributed by atoms with Crippen LogP contribution >= 0.6 is 0 Å². The minimum Gasteiger partial charge on any atom is -0.441 e. The fraction of sp³-hybridized carbons (Fsp3) is 0.190. The maximum atomic E-state index is 12.1. The summed E-state index contributed by atoms with van der Waals surface area (Å²) in [6.07, 6.45) is 5.28. The molecule has 27 heavy (non-hydrogen) atoms. The van der Waals surface area contributed by atoms with Gasteiger partial charge in [0.15, 0.2) is 11.5 Å². The molecule has 0 aliphatic heterocycles. The third kappa shape index (κ3) is 4.23. The van der Waals surface area contributed by atoms with Crippen molar-refractivity contribution in [2.45, 2.75) is 25.8 Å². The average molecular weight is 361 g/mol. The summed E-state index contributed by atoms with van der Waals surface area (Å²) in [7, 11) is 0. The molecule has 3 aromatic rings. The average Bonchev–Trinajstić information content (AvgIpc) is 3.39. The second-order valence-corrected chi connectivity index (χ2v) is 6.61. The molecular formula is C21H19N3O3. The molecule has 2 N–H and O–H groups in total. The van der Waals surface area contributed by atoms with E-state index in [1.807, 2.05) is 12.1 Å². The Bertz CT molecular complexity index is 1030. The van der Waals surface area contributed by atoms with Gasteiger partial charge in [0.05, 0.1) is 0 Å². The van der Waals surface area contributed by atoms with E-state index in [2.05, 4.69) is 15.6 Å². The van der Waals surface area contributed by atoms with Crippen molar-refractivity contribution in [1.29, 1.82) is 0 Å². The van der Waals surface area contributed by atoms with E-state index >= 15 is 0 Å². The van der Waals surface area contributed by atoms with Crippen molar-refractivity contribution in [3.05, 3.63) is 65.6 Å². The quantitative estimate of drug-likeness (QED) is 0.679. The zero-order valence-electron chi connectivity index (χ0n) is 14.9. The van der Waals surface area contributed by atoms with Gasteiger partial charge in [-0.25, -0.2) is 4.98 Å². The summed E-state index contributed by atoms with van der Waals surface area (Å²) in [5.74, 6) is 0.289. The molecule has 6 nitrogen and oxygen atoms in total. The van der Waals surface area contributed by atoms with Gasteiger partial charge in [0.1, 0.15) is 5.52 Å². The number of carbonyl (C=O) groups excluding carboxylic acids is 2. The summed E-state index contributed by atoms with van der Waals surface area (Å²) in [5.41, 5.74) is 3.51. The van der Waals surface area contributed by atoms with Gasteiger partial charge in [-0.15, -0.1) is 0 Å². The van der Waals surface area contributed by atoms with Gasteiger partial charge < -0.3 is 15.1 Å². The Balaban J connectivity index is 1.37. The Hall–Kier alpha value is -3.41. The lowest BCUT2D eigenvalue weighted by Gasteiger charge is -2.03. The van der Waals surface area contributed by atoms with E-state index in [1.54, 1.807) is 43.3 Å². The van der Waals surface area contributed by atoms with Crippen LogP contribution < -0.4 is 10.6 Å². The highest BCUT2D eigenvalue weighted by Crippen LogP contribution is 2.20. The molecule has 0 bridgehead atoms. The van der Waals surface area contributed by atoms with Crippen LogP contribution in [0.25, 0.3) is 17.2 Å². The number of nitrogens with one attached hydrogen (secondary N) is 2. The van der Waals surface area contributed by atoms with E-state index < -0.39 is 0 Å². The van der Waals surface area contributed by atoms with Gasteiger partial charge in [0, 0.05) is 30.3 Å². The smallest absolute Gasteiger partial charge is 0.251 e. The number of aromatic nitrogens is 1. The number of amides is 2. The monoisotopic (exact) mass is 361 g/mol. The topological polar surface area (TPSA) is 84.2 Å². The fourth-order valence-corrected chi connectivity index (χ4v) is 2.72. The maximum absolute atomic E-state index is 12.1. The van der Waals surface area contributed by atoms with E-state index in [-0.39, 0.29) is 11.8 Å². The Kier molecular flexibility index (Phi) is 4.46. The maximum Gasteiger partial charge on any atom is 0.251 e. The summed E-state index contributed by atoms with van der Waals surface area (Å²) in [4.78, 5) is 28.3. The molecule has 0 saturated heterocycles. The first-order valence-electron chi connectivity index (χ1n) is 8.84. The molecule has 0 unspecified atom stereocenters. The van der Waals surface area contributed by atoms with Crippen LogP contribution in [0.5, 0.6) is 0 Å². The van der Waals surface area contributed by atoms with E-state index in [9.17, 15) is 9.59 Å². The Labute approximate surface area is 156 Å². The number of hydrogen-bond acceptors (Lipinski definition) is 4. The Morgan fingerprint density at radius 3 is 2.67 bits per heavy atom. The highest BCUT2D eigenvalue weighted by Gasteiger charge is 2.23. The fourth-order valence-electron chi connectivity index (χ4n) is 2.72. The largest absolute Gasteiger partial charge is 0.441 e. The van der Waals surface area contributed by atoms with Crippen molar-refractivity contribution < 1.29 is 14.0 Å². The Morgan fingerprint density at radius 2 is 1.93 bits per heavy atom. The summed E-state index contributed by atoms with van der Waals surface area (Å²) < 4.78 is 5.42. The van der Waals surface area contributed by atoms with Gasteiger partial charge in [-0.05, 0) is 54.8 Å². The van der Waals surface area contributed by atoms with Crippen molar-refractivity contribution in [3.63, 3.8) is 0 Å². The molecule has 2 aromatic carbocycles. The summed E-state index contributed by atoms with van der Waals surface area (Å²) >= 11 is 0. The highest BCUT2D eigenvalue weighted by molar-refractivity contribution is 6.02. The van der Waals surface area contributed by atoms with Gasteiger partial charge in [-0.2, -0.15) is 0 Å². The van der Waals surface area contributed by atoms with E-state index in [0.29, 0.717) is 34.3 Å². The number of hydrogen-bond donors (Lipinski definition) is 2. The van der Waals surface area contributed by atoms with E-state index in [4.69, 9.17) is 4.42 Å². The van der Waals surface area contributed by atoms with Crippen LogP contribution in [-0.4, -0.2) is 22.8 Å². The molecule has 1 heterocycles. The van der Waals surface area contributed by atoms with Crippen LogP contribution in [0.4, 0.5) is 5.69 Å². The Morgan fingerprint density at radius 1 is 1.15 bits per heavy atom. The van der Waals surface area contributed by atoms with Crippen molar-refractivity contribution in [2.75, 3.05) is 5.32 Å². The van der Waals surface area contributed by atoms with Gasteiger partial charge in [0.25, 0.3) is 5.91 Å². The zero-order valence-corrected chi connectivity index (χ0v) is 14.9. The van der Waals surface area contributed by atoms with E-state index in [1.165, 1.54) is 6.08 Å². The highest BCUT2D eigenvalue weighted by atomic mass is 16.3. The molecule has 1 aliphatic carbocycles. The number of nitrogens with zero attached hydrogens (tertiary/aromatic N) is 1. The van der Waals surface area contributed by atoms with Crippen LogP contribution in [-0.2, 0) is 4.79 Å². The molecular weight excluding hydrogens is 342 g/mol. The summed E-state index contributed by atoms with van der Waals surface area (Å²) in [5, 5.41) is 5.75. The molecule has 136 valence electrons. The van der Waals surface area contributed by atoms with Crippen LogP contribution in [0, 0.1) is 6.92 Å². The van der Waals surface area contributed by atoms with Gasteiger partial charge in [0.2, 0.25) is 5.91 Å². The lowest BCUT2D eigenvalue weighted by molar-refractivity contribution is -0.111. The lowest BCUT2D eigenvalue weighted by atomic mass is 10.1. The molecule has 0 atom stereocenters. The number of benzene rings is 2. The van der Waals surface area contributed by atoms with Crippen molar-refractivity contribution in [3.8, 4) is 0 Å². The first-order valence-corrected chi connectivity index (χ1v) is 8.84. The number of rotatable bonds is 5. The van der Waals surface area contributed by atoms with Crippen molar-refractivity contribution in [2.24, 2.45) is 0 Å². The second-order valence-electron chi connectivity index (χ2n) is 6.61. The first-order chi connectivity index (χ1) is 13.1. The van der Waals surface area contributed by atoms with Crippen LogP contribution in [0.3, 0.4) is 0 Å². The molecule has 0 radical (unpaired) electrons. The predicted molar refractivity (Wildman–Crippen MR) is 103 cm³/mol. The molecule has 1 fully saturated rings. The van der Waals surface area contributed by atoms with Gasteiger partial charge in [-0.3, -0.25) is 9.59 Å². The molecule has 0 spiro atoms. The molecule has 1 saturated carbocycles. The second kappa shape index (κ2) is 7.07. The number of oxazole rings is 1. The molecule has 1 aromatic heterocycles. The first kappa shape index (κ1) is 17.0. The number of carbonyl (C=O) groups is 2. The SMILES string of the molecule is Cc1nc2cc(NC(=O)/C=C/c3ccc(C(=O)NC4CC4)cc3)ccc2o1. The van der Waals surface area contributed by atoms with Crippen molar-refractivity contribution >= 4 is 34.7 Å². The van der Waals surface area contributed by atoms with Gasteiger partial charge >= 0.3 is 0 Å². The molecule has 6 heteroatoms. The number of aryl methyl sites for hydroxylation is 1. The molecule has 1 aliphatic rings. The lowest BCUT2D eigenvalue weighted by Crippen LogP contribution is -2.25. The van der Waals surface area contributed by atoms with Crippen LogP contribution in [0.1, 0.15) is 34.7 Å².